The van der Waals surface area contributed by atoms with Crippen LogP contribution in [0.1, 0.15) is 30.6 Å². The molecule has 0 aliphatic rings. The van der Waals surface area contributed by atoms with Gasteiger partial charge in [-0.15, -0.1) is 0 Å². The highest BCUT2D eigenvalue weighted by Gasteiger charge is 2.10. The Balaban J connectivity index is 1.75. The molecule has 6 nitrogen and oxygen atoms in total. The lowest BCUT2D eigenvalue weighted by atomic mass is 10.0. The number of aliphatic hydroxyl groups excluding tert-OH is 1. The third kappa shape index (κ3) is 5.85. The highest BCUT2D eigenvalue weighted by Crippen LogP contribution is 2.17. The third-order valence-electron chi connectivity index (χ3n) is 4.17. The van der Waals surface area contributed by atoms with Gasteiger partial charge in [-0.05, 0) is 43.0 Å². The van der Waals surface area contributed by atoms with Gasteiger partial charge in [0.2, 0.25) is 0 Å². The van der Waals surface area contributed by atoms with Crippen LogP contribution in [-0.4, -0.2) is 29.7 Å². The minimum absolute atomic E-state index is 0.109. The number of hydrogen-bond donors (Lipinski definition) is 2. The maximum Gasteiger partial charge on any atom is 0.269 e. The van der Waals surface area contributed by atoms with E-state index in [9.17, 15) is 15.2 Å². The fraction of sp³-hybridized carbons (Fsp3) is 0.368. The van der Waals surface area contributed by atoms with E-state index < -0.39 is 11.0 Å². The molecule has 2 rings (SSSR count). The van der Waals surface area contributed by atoms with E-state index in [0.717, 1.165) is 29.7 Å². The molecular weight excluding hydrogens is 320 g/mol. The van der Waals surface area contributed by atoms with Crippen molar-refractivity contribution in [3.63, 3.8) is 0 Å². The number of non-ortho nitro benzene ring substituents is 1. The van der Waals surface area contributed by atoms with Crippen molar-refractivity contribution in [2.45, 2.75) is 31.9 Å². The van der Waals surface area contributed by atoms with Gasteiger partial charge in [0, 0.05) is 24.7 Å². The Morgan fingerprint density at radius 1 is 1.16 bits per heavy atom. The Morgan fingerprint density at radius 3 is 2.36 bits per heavy atom. The fourth-order valence-corrected chi connectivity index (χ4v) is 2.53. The highest BCUT2D eigenvalue weighted by atomic mass is 16.6. The van der Waals surface area contributed by atoms with Crippen LogP contribution in [0.2, 0.25) is 0 Å². The number of nitrogens with zero attached hydrogens (tertiary/aromatic N) is 1. The molecule has 2 N–H and O–H groups in total. The summed E-state index contributed by atoms with van der Waals surface area (Å²) in [6.45, 7) is 2.53. The third-order valence-corrected chi connectivity index (χ3v) is 4.17. The summed E-state index contributed by atoms with van der Waals surface area (Å²) in [5.74, 6) is 0.764. The molecule has 6 heteroatoms. The summed E-state index contributed by atoms with van der Waals surface area (Å²) in [6, 6.07) is 14.2. The van der Waals surface area contributed by atoms with Crippen molar-refractivity contribution in [1.29, 1.82) is 0 Å². The maximum absolute atomic E-state index is 10.6. The van der Waals surface area contributed by atoms with E-state index in [2.05, 4.69) is 12.2 Å². The van der Waals surface area contributed by atoms with E-state index >= 15 is 0 Å². The van der Waals surface area contributed by atoms with Gasteiger partial charge in [-0.2, -0.15) is 0 Å². The van der Waals surface area contributed by atoms with Crippen molar-refractivity contribution in [2.75, 3.05) is 13.7 Å². The average Bonchev–Trinajstić information content (AvgIpc) is 2.64. The Morgan fingerprint density at radius 2 is 1.80 bits per heavy atom. The minimum atomic E-state index is -0.576. The number of hydrogen-bond acceptors (Lipinski definition) is 5. The summed E-state index contributed by atoms with van der Waals surface area (Å²) in [6.07, 6.45) is 1.13. The monoisotopic (exact) mass is 344 g/mol. The molecule has 0 radical (unpaired) electrons. The normalized spacial score (nSPS) is 13.2. The topological polar surface area (TPSA) is 84.6 Å². The zero-order valence-electron chi connectivity index (χ0n) is 14.5. The van der Waals surface area contributed by atoms with Crippen molar-refractivity contribution < 1.29 is 14.8 Å². The molecule has 0 aliphatic heterocycles. The van der Waals surface area contributed by atoms with Crippen LogP contribution >= 0.6 is 0 Å². The molecule has 2 aromatic rings. The van der Waals surface area contributed by atoms with Gasteiger partial charge in [0.25, 0.3) is 5.69 Å². The molecule has 0 aromatic heterocycles. The second kappa shape index (κ2) is 9.15. The highest BCUT2D eigenvalue weighted by molar-refractivity contribution is 5.33. The van der Waals surface area contributed by atoms with Gasteiger partial charge in [0.05, 0.1) is 18.1 Å². The van der Waals surface area contributed by atoms with Crippen molar-refractivity contribution in [1.82, 2.24) is 5.32 Å². The van der Waals surface area contributed by atoms with Crippen LogP contribution in [0.4, 0.5) is 5.69 Å². The van der Waals surface area contributed by atoms with Crippen LogP contribution in [0, 0.1) is 10.1 Å². The molecule has 0 amide bonds. The standard InChI is InChI=1S/C19H24N2O4/c1-14(3-4-15-5-9-17(10-6-15)21(23)24)20-13-19(22)16-7-11-18(25-2)12-8-16/h5-12,14,19-20,22H,3-4,13H2,1-2H3/t14-,19-/m0/s1. The van der Waals surface area contributed by atoms with E-state index in [-0.39, 0.29) is 11.7 Å². The molecule has 2 aromatic carbocycles. The summed E-state index contributed by atoms with van der Waals surface area (Å²) in [5.41, 5.74) is 2.02. The first-order valence-corrected chi connectivity index (χ1v) is 8.28. The van der Waals surface area contributed by atoms with Crippen LogP contribution in [0.5, 0.6) is 5.75 Å². The largest absolute Gasteiger partial charge is 0.497 e. The van der Waals surface area contributed by atoms with Gasteiger partial charge >= 0.3 is 0 Å². The van der Waals surface area contributed by atoms with E-state index in [4.69, 9.17) is 4.74 Å². The van der Waals surface area contributed by atoms with Gasteiger partial charge in [0.15, 0.2) is 0 Å². The molecule has 25 heavy (non-hydrogen) atoms. The van der Waals surface area contributed by atoms with E-state index in [1.54, 1.807) is 19.2 Å². The molecule has 0 fully saturated rings. The van der Waals surface area contributed by atoms with Gasteiger partial charge in [-0.1, -0.05) is 24.3 Å². The van der Waals surface area contributed by atoms with E-state index in [1.807, 2.05) is 24.3 Å². The number of rotatable bonds is 9. The van der Waals surface area contributed by atoms with Gasteiger partial charge in [-0.3, -0.25) is 10.1 Å². The summed E-state index contributed by atoms with van der Waals surface area (Å²) in [5, 5.41) is 24.2. The molecule has 134 valence electrons. The summed E-state index contributed by atoms with van der Waals surface area (Å²) < 4.78 is 5.11. The van der Waals surface area contributed by atoms with Crippen LogP contribution in [0.25, 0.3) is 0 Å². The lowest BCUT2D eigenvalue weighted by Gasteiger charge is -2.17. The molecule has 0 bridgehead atoms. The smallest absolute Gasteiger partial charge is 0.269 e. The second-order valence-corrected chi connectivity index (χ2v) is 6.06. The van der Waals surface area contributed by atoms with Crippen LogP contribution in [0.3, 0.4) is 0 Å². The Kier molecular flexibility index (Phi) is 6.91. The number of benzene rings is 2. The molecule has 0 heterocycles. The first kappa shape index (κ1) is 18.9. The fourth-order valence-electron chi connectivity index (χ4n) is 2.53. The minimum Gasteiger partial charge on any atom is -0.497 e. The van der Waals surface area contributed by atoms with Gasteiger partial charge in [-0.25, -0.2) is 0 Å². The zero-order valence-corrected chi connectivity index (χ0v) is 14.5. The summed E-state index contributed by atoms with van der Waals surface area (Å²) in [7, 11) is 1.61. The first-order valence-electron chi connectivity index (χ1n) is 8.28. The SMILES string of the molecule is COc1ccc([C@@H](O)CN[C@@H](C)CCc2ccc([N+](=O)[O-])cc2)cc1. The lowest BCUT2D eigenvalue weighted by Crippen LogP contribution is -2.30. The first-order chi connectivity index (χ1) is 12.0. The molecule has 0 saturated carbocycles. The maximum atomic E-state index is 10.6. The van der Waals surface area contributed by atoms with Crippen molar-refractivity contribution in [2.24, 2.45) is 0 Å². The number of ether oxygens (including phenoxy) is 1. The Labute approximate surface area is 147 Å². The average molecular weight is 344 g/mol. The predicted octanol–water partition coefficient (Wildman–Crippen LogP) is 3.25. The molecule has 0 aliphatic carbocycles. The molecule has 0 spiro atoms. The Bertz CT molecular complexity index is 671. The van der Waals surface area contributed by atoms with Crippen molar-refractivity contribution >= 4 is 5.69 Å². The van der Waals surface area contributed by atoms with Crippen molar-refractivity contribution in [3.8, 4) is 5.75 Å². The summed E-state index contributed by atoms with van der Waals surface area (Å²) in [4.78, 5) is 10.3. The van der Waals surface area contributed by atoms with Gasteiger partial charge in [0.1, 0.15) is 5.75 Å². The van der Waals surface area contributed by atoms with Crippen LogP contribution < -0.4 is 10.1 Å². The molecule has 0 unspecified atom stereocenters. The van der Waals surface area contributed by atoms with E-state index in [1.165, 1.54) is 12.1 Å². The molecular formula is C19H24N2O4. The van der Waals surface area contributed by atoms with Crippen molar-refractivity contribution in [3.05, 3.63) is 69.8 Å². The number of aliphatic hydroxyl groups is 1. The van der Waals surface area contributed by atoms with E-state index in [0.29, 0.717) is 6.54 Å². The molecule has 0 saturated heterocycles. The number of aryl methyl sites for hydroxylation is 1. The quantitative estimate of drug-likeness (QED) is 0.539. The van der Waals surface area contributed by atoms with Gasteiger partial charge < -0.3 is 15.2 Å². The number of nitrogens with one attached hydrogen (secondary N) is 1. The zero-order chi connectivity index (χ0) is 18.2. The van der Waals surface area contributed by atoms with Crippen LogP contribution in [-0.2, 0) is 6.42 Å². The lowest BCUT2D eigenvalue weighted by molar-refractivity contribution is -0.384. The summed E-state index contributed by atoms with van der Waals surface area (Å²) >= 11 is 0. The number of nitro groups is 1. The predicted molar refractivity (Wildman–Crippen MR) is 96.8 cm³/mol. The second-order valence-electron chi connectivity index (χ2n) is 6.06. The number of methoxy groups -OCH3 is 1. The van der Waals surface area contributed by atoms with Crippen LogP contribution in [0.15, 0.2) is 48.5 Å². The molecule has 2 atom stereocenters. The Hall–Kier alpha value is -2.44. The number of nitro benzene ring substituents is 1.